The Bertz CT molecular complexity index is 1140. The third-order valence-corrected chi connectivity index (χ3v) is 7.16. The van der Waals surface area contributed by atoms with Crippen molar-refractivity contribution in [3.05, 3.63) is 53.6 Å². The third-order valence-electron chi connectivity index (χ3n) is 6.11. The summed E-state index contributed by atoms with van der Waals surface area (Å²) in [5.74, 6) is 2.07. The monoisotopic (exact) mass is 495 g/mol. The van der Waals surface area contributed by atoms with Crippen LogP contribution in [0, 0.1) is 6.92 Å². The van der Waals surface area contributed by atoms with Crippen LogP contribution in [-0.2, 0) is 11.3 Å². The molecule has 1 aliphatic rings. The number of anilines is 1. The topological polar surface area (TPSA) is 81.5 Å². The van der Waals surface area contributed by atoms with Gasteiger partial charge in [0.15, 0.2) is 16.7 Å². The van der Waals surface area contributed by atoms with Gasteiger partial charge in [-0.1, -0.05) is 35.5 Å². The van der Waals surface area contributed by atoms with Gasteiger partial charge in [-0.15, -0.1) is 10.2 Å². The molecule has 35 heavy (non-hydrogen) atoms. The van der Waals surface area contributed by atoms with Crippen LogP contribution < -0.4 is 19.7 Å². The molecule has 1 unspecified atom stereocenters. The van der Waals surface area contributed by atoms with E-state index in [1.54, 1.807) is 14.2 Å². The number of carbonyl (C=O) groups excluding carboxylic acids is 1. The zero-order valence-corrected chi connectivity index (χ0v) is 21.6. The Labute approximate surface area is 211 Å². The molecule has 1 atom stereocenters. The number of thioether (sulfide) groups is 1. The summed E-state index contributed by atoms with van der Waals surface area (Å²) in [5.41, 5.74) is 3.13. The van der Waals surface area contributed by atoms with Gasteiger partial charge in [-0.2, -0.15) is 0 Å². The van der Waals surface area contributed by atoms with Crippen LogP contribution in [0.1, 0.15) is 37.3 Å². The second-order valence-corrected chi connectivity index (χ2v) is 9.98. The number of aryl methyl sites for hydroxylation is 1. The molecule has 4 rings (SSSR count). The number of amides is 1. The van der Waals surface area contributed by atoms with Crippen LogP contribution in [0.5, 0.6) is 11.5 Å². The van der Waals surface area contributed by atoms with Crippen molar-refractivity contribution >= 4 is 23.6 Å². The highest BCUT2D eigenvalue weighted by atomic mass is 32.2. The first-order valence-corrected chi connectivity index (χ1v) is 12.8. The second-order valence-electron chi connectivity index (χ2n) is 8.67. The lowest BCUT2D eigenvalue weighted by Gasteiger charge is -2.28. The zero-order chi connectivity index (χ0) is 24.8. The molecule has 1 amide bonds. The van der Waals surface area contributed by atoms with Gasteiger partial charge in [0.1, 0.15) is 0 Å². The first kappa shape index (κ1) is 24.9. The van der Waals surface area contributed by atoms with Gasteiger partial charge >= 0.3 is 0 Å². The molecule has 1 aliphatic heterocycles. The van der Waals surface area contributed by atoms with Crippen molar-refractivity contribution in [2.75, 3.05) is 32.2 Å². The number of piperidine rings is 1. The van der Waals surface area contributed by atoms with E-state index in [1.165, 1.54) is 23.7 Å². The van der Waals surface area contributed by atoms with Crippen molar-refractivity contribution in [1.29, 1.82) is 0 Å². The fourth-order valence-corrected chi connectivity index (χ4v) is 4.98. The predicted octanol–water partition coefficient (Wildman–Crippen LogP) is 4.38. The van der Waals surface area contributed by atoms with E-state index >= 15 is 0 Å². The van der Waals surface area contributed by atoms with E-state index < -0.39 is 0 Å². The molecular formula is C26H33N5O3S. The van der Waals surface area contributed by atoms with E-state index in [4.69, 9.17) is 9.47 Å². The summed E-state index contributed by atoms with van der Waals surface area (Å²) in [6.07, 6.45) is 3.55. The lowest BCUT2D eigenvalue weighted by molar-refractivity contribution is -0.120. The zero-order valence-electron chi connectivity index (χ0n) is 20.8. The Hall–Kier alpha value is -3.20. The molecule has 0 aliphatic carbocycles. The highest BCUT2D eigenvalue weighted by molar-refractivity contribution is 8.00. The Balaban J connectivity index is 1.49. The summed E-state index contributed by atoms with van der Waals surface area (Å²) in [6, 6.07) is 14.0. The standard InChI is InChI=1S/C26H33N5O3S/c1-18-8-11-21(12-9-18)31-25(30-14-6-5-7-15-30)28-29-26(31)35-19(2)24(32)27-17-20-10-13-22(33-3)23(16-20)34-4/h8-13,16,19H,5-7,14-15,17H2,1-4H3,(H,27,32). The highest BCUT2D eigenvalue weighted by Gasteiger charge is 2.24. The molecule has 1 N–H and O–H groups in total. The Morgan fingerprint density at radius 3 is 2.43 bits per heavy atom. The van der Waals surface area contributed by atoms with Crippen LogP contribution in [0.4, 0.5) is 5.95 Å². The summed E-state index contributed by atoms with van der Waals surface area (Å²) in [7, 11) is 3.20. The molecule has 2 heterocycles. The van der Waals surface area contributed by atoms with Gasteiger partial charge in [-0.25, -0.2) is 0 Å². The molecule has 2 aromatic carbocycles. The molecule has 186 valence electrons. The number of hydrogen-bond acceptors (Lipinski definition) is 7. The predicted molar refractivity (Wildman–Crippen MR) is 139 cm³/mol. The minimum Gasteiger partial charge on any atom is -0.493 e. The third kappa shape index (κ3) is 5.90. The number of ether oxygens (including phenoxy) is 2. The van der Waals surface area contributed by atoms with Crippen molar-refractivity contribution in [2.45, 2.75) is 50.1 Å². The van der Waals surface area contributed by atoms with Crippen molar-refractivity contribution in [1.82, 2.24) is 20.1 Å². The molecule has 0 bridgehead atoms. The Kier molecular flexibility index (Phi) is 8.17. The molecule has 8 nitrogen and oxygen atoms in total. The van der Waals surface area contributed by atoms with E-state index in [9.17, 15) is 4.79 Å². The fourth-order valence-electron chi connectivity index (χ4n) is 4.09. The van der Waals surface area contributed by atoms with E-state index in [-0.39, 0.29) is 11.2 Å². The first-order valence-electron chi connectivity index (χ1n) is 11.9. The molecule has 1 saturated heterocycles. The van der Waals surface area contributed by atoms with Crippen LogP contribution in [0.2, 0.25) is 0 Å². The van der Waals surface area contributed by atoms with E-state index in [0.717, 1.165) is 43.1 Å². The normalized spacial score (nSPS) is 14.5. The minimum atomic E-state index is -0.349. The van der Waals surface area contributed by atoms with Crippen molar-refractivity contribution < 1.29 is 14.3 Å². The number of rotatable bonds is 9. The van der Waals surface area contributed by atoms with Gasteiger partial charge < -0.3 is 19.7 Å². The number of aromatic nitrogens is 3. The molecule has 0 radical (unpaired) electrons. The fraction of sp³-hybridized carbons (Fsp3) is 0.423. The SMILES string of the molecule is COc1ccc(CNC(=O)C(C)Sc2nnc(N3CCCCC3)n2-c2ccc(C)cc2)cc1OC. The van der Waals surface area contributed by atoms with E-state index in [0.29, 0.717) is 23.2 Å². The number of benzene rings is 2. The number of carbonyl (C=O) groups is 1. The molecule has 1 aromatic heterocycles. The summed E-state index contributed by atoms with van der Waals surface area (Å²) in [4.78, 5) is 15.2. The smallest absolute Gasteiger partial charge is 0.233 e. The second kappa shape index (κ2) is 11.5. The average molecular weight is 496 g/mol. The average Bonchev–Trinajstić information content (AvgIpc) is 3.31. The number of hydrogen-bond donors (Lipinski definition) is 1. The van der Waals surface area contributed by atoms with Crippen LogP contribution in [0.3, 0.4) is 0 Å². The van der Waals surface area contributed by atoms with Crippen LogP contribution in [-0.4, -0.2) is 53.2 Å². The lowest BCUT2D eigenvalue weighted by atomic mass is 10.1. The number of nitrogens with zero attached hydrogens (tertiary/aromatic N) is 4. The molecule has 1 fully saturated rings. The van der Waals surface area contributed by atoms with E-state index in [1.807, 2.05) is 25.1 Å². The summed E-state index contributed by atoms with van der Waals surface area (Å²) in [5, 5.41) is 12.4. The van der Waals surface area contributed by atoms with Gasteiger partial charge in [0.05, 0.1) is 25.2 Å². The molecular weight excluding hydrogens is 462 g/mol. The first-order chi connectivity index (χ1) is 17.0. The van der Waals surface area contributed by atoms with Gasteiger partial charge in [0, 0.05) is 19.6 Å². The largest absolute Gasteiger partial charge is 0.493 e. The number of nitrogens with one attached hydrogen (secondary N) is 1. The Morgan fingerprint density at radius 1 is 1.03 bits per heavy atom. The quantitative estimate of drug-likeness (QED) is 0.441. The summed E-state index contributed by atoms with van der Waals surface area (Å²) >= 11 is 1.42. The summed E-state index contributed by atoms with van der Waals surface area (Å²) in [6.45, 7) is 6.30. The van der Waals surface area contributed by atoms with Crippen molar-refractivity contribution in [2.24, 2.45) is 0 Å². The van der Waals surface area contributed by atoms with Crippen LogP contribution in [0.15, 0.2) is 47.6 Å². The molecule has 0 saturated carbocycles. The minimum absolute atomic E-state index is 0.0669. The lowest BCUT2D eigenvalue weighted by Crippen LogP contribution is -2.32. The maximum atomic E-state index is 12.9. The summed E-state index contributed by atoms with van der Waals surface area (Å²) < 4.78 is 12.7. The number of methoxy groups -OCH3 is 2. The maximum absolute atomic E-state index is 12.9. The highest BCUT2D eigenvalue weighted by Crippen LogP contribution is 2.31. The Morgan fingerprint density at radius 2 is 1.74 bits per heavy atom. The van der Waals surface area contributed by atoms with Gasteiger partial charge in [-0.05, 0) is 62.9 Å². The maximum Gasteiger partial charge on any atom is 0.233 e. The van der Waals surface area contributed by atoms with Crippen molar-refractivity contribution in [3.63, 3.8) is 0 Å². The molecule has 3 aromatic rings. The van der Waals surface area contributed by atoms with Crippen molar-refractivity contribution in [3.8, 4) is 17.2 Å². The van der Waals surface area contributed by atoms with Gasteiger partial charge in [-0.3, -0.25) is 9.36 Å². The van der Waals surface area contributed by atoms with E-state index in [2.05, 4.69) is 56.2 Å². The van der Waals surface area contributed by atoms with Crippen LogP contribution in [0.25, 0.3) is 5.69 Å². The molecule has 0 spiro atoms. The molecule has 9 heteroatoms. The van der Waals surface area contributed by atoms with Gasteiger partial charge in [0.25, 0.3) is 0 Å². The van der Waals surface area contributed by atoms with Gasteiger partial charge in [0.2, 0.25) is 11.9 Å². The van der Waals surface area contributed by atoms with Crippen LogP contribution >= 0.6 is 11.8 Å².